The van der Waals surface area contributed by atoms with E-state index >= 15 is 0 Å². The van der Waals surface area contributed by atoms with Gasteiger partial charge in [0, 0.05) is 0 Å². The summed E-state index contributed by atoms with van der Waals surface area (Å²) in [5.74, 6) is 1.42. The van der Waals surface area contributed by atoms with E-state index in [1.807, 2.05) is 30.3 Å². The Labute approximate surface area is 248 Å². The van der Waals surface area contributed by atoms with Crippen molar-refractivity contribution in [3.05, 3.63) is 52.5 Å². The Morgan fingerprint density at radius 1 is 0.878 bits per heavy atom. The highest BCUT2D eigenvalue weighted by Gasteiger charge is 2.69. The Morgan fingerprint density at radius 2 is 1.59 bits per heavy atom. The molecule has 4 nitrogen and oxygen atoms in total. The van der Waals surface area contributed by atoms with Crippen molar-refractivity contribution in [1.82, 2.24) is 0 Å². The molecule has 0 aromatic heterocycles. The van der Waals surface area contributed by atoms with Gasteiger partial charge in [-0.05, 0) is 115 Å². The van der Waals surface area contributed by atoms with Crippen LogP contribution in [0.15, 0.2) is 47.2 Å². The summed E-state index contributed by atoms with van der Waals surface area (Å²) in [5, 5.41) is 3.66. The van der Waals surface area contributed by atoms with Crippen molar-refractivity contribution in [1.29, 1.82) is 0 Å². The number of hydrogen-bond acceptors (Lipinski definition) is 4. The zero-order valence-corrected chi connectivity index (χ0v) is 26.7. The summed E-state index contributed by atoms with van der Waals surface area (Å²) >= 11 is 0. The van der Waals surface area contributed by atoms with Gasteiger partial charge < -0.3 is 4.74 Å². The Balaban J connectivity index is 1.37. The number of rotatable bonds is 4. The molecule has 1 aromatic rings. The lowest BCUT2D eigenvalue weighted by atomic mass is 9.33. The minimum atomic E-state index is -0.417. The molecule has 4 fully saturated rings. The van der Waals surface area contributed by atoms with Gasteiger partial charge in [0.1, 0.15) is 6.61 Å². The maximum Gasteiger partial charge on any atom is 0.313 e. The fourth-order valence-electron chi connectivity index (χ4n) is 11.8. The topological polar surface area (TPSA) is 55.7 Å². The second kappa shape index (κ2) is 9.52. The van der Waals surface area contributed by atoms with E-state index in [1.165, 1.54) is 12.8 Å². The van der Waals surface area contributed by atoms with E-state index in [0.717, 1.165) is 56.9 Å². The van der Waals surface area contributed by atoms with E-state index in [0.29, 0.717) is 18.4 Å². The molecule has 1 aromatic carbocycles. The number of esters is 1. The van der Waals surface area contributed by atoms with Crippen molar-refractivity contribution < 1.29 is 9.53 Å². The maximum atomic E-state index is 14.2. The van der Waals surface area contributed by atoms with Gasteiger partial charge in [-0.25, -0.2) is 0 Å². The molecule has 0 bridgehead atoms. The average molecular weight is 560 g/mol. The molecule has 4 heteroatoms. The first kappa shape index (κ1) is 29.1. The summed E-state index contributed by atoms with van der Waals surface area (Å²) in [5.41, 5.74) is 2.85. The van der Waals surface area contributed by atoms with Crippen molar-refractivity contribution in [3.63, 3.8) is 0 Å². The molecule has 6 rings (SSSR count). The number of allylic oxidation sites excluding steroid dienone is 2. The first-order chi connectivity index (χ1) is 19.2. The summed E-state index contributed by atoms with van der Waals surface area (Å²) in [6, 6.07) is 10.0. The van der Waals surface area contributed by atoms with E-state index in [4.69, 9.17) is 4.74 Å². The molecule has 8 atom stereocenters. The molecule has 5 aliphatic carbocycles. The van der Waals surface area contributed by atoms with Crippen molar-refractivity contribution in [3.8, 4) is 0 Å². The van der Waals surface area contributed by atoms with Gasteiger partial charge in [-0.1, -0.05) is 95.6 Å². The van der Waals surface area contributed by atoms with Crippen LogP contribution in [-0.4, -0.2) is 12.0 Å². The average Bonchev–Trinajstić information content (AvgIpc) is 2.91. The summed E-state index contributed by atoms with van der Waals surface area (Å²) in [6.45, 7) is 17.6. The quantitative estimate of drug-likeness (QED) is 0.210. The minimum absolute atomic E-state index is 0.0293. The van der Waals surface area contributed by atoms with Gasteiger partial charge >= 0.3 is 5.97 Å². The van der Waals surface area contributed by atoms with Crippen LogP contribution in [0.25, 0.3) is 0 Å². The van der Waals surface area contributed by atoms with Gasteiger partial charge in [0.05, 0.1) is 11.5 Å². The van der Waals surface area contributed by atoms with Crippen molar-refractivity contribution in [2.75, 3.05) is 0 Å². The number of nitrogens with zero attached hydrogens (tertiary/aromatic N) is 1. The number of nitroso groups, excluding NO2 is 1. The van der Waals surface area contributed by atoms with Crippen LogP contribution in [0.4, 0.5) is 0 Å². The van der Waals surface area contributed by atoms with Crippen LogP contribution in [-0.2, 0) is 16.1 Å². The summed E-state index contributed by atoms with van der Waals surface area (Å²) in [4.78, 5) is 26.1. The van der Waals surface area contributed by atoms with Gasteiger partial charge in [0.2, 0.25) is 0 Å². The second-order valence-corrected chi connectivity index (χ2v) is 17.1. The molecule has 0 aliphatic heterocycles. The van der Waals surface area contributed by atoms with Crippen LogP contribution in [0.2, 0.25) is 0 Å². The largest absolute Gasteiger partial charge is 0.460 e. The Bertz CT molecular complexity index is 1230. The third-order valence-electron chi connectivity index (χ3n) is 14.1. The molecule has 5 aliphatic rings. The minimum Gasteiger partial charge on any atom is -0.460 e. The van der Waals surface area contributed by atoms with Crippen LogP contribution in [0.5, 0.6) is 0 Å². The second-order valence-electron chi connectivity index (χ2n) is 17.1. The van der Waals surface area contributed by atoms with Gasteiger partial charge in [-0.3, -0.25) is 4.79 Å². The zero-order chi connectivity index (χ0) is 29.5. The maximum absolute atomic E-state index is 14.2. The fraction of sp³-hybridized carbons (Fsp3) is 0.757. The molecule has 8 unspecified atom stereocenters. The first-order valence-electron chi connectivity index (χ1n) is 16.5. The highest BCUT2D eigenvalue weighted by Crippen LogP contribution is 2.76. The smallest absolute Gasteiger partial charge is 0.313 e. The van der Waals surface area contributed by atoms with E-state index < -0.39 is 5.41 Å². The lowest BCUT2D eigenvalue weighted by Crippen LogP contribution is -2.64. The number of carbonyl (C=O) groups is 1. The number of benzene rings is 1. The van der Waals surface area contributed by atoms with Gasteiger partial charge in [0.25, 0.3) is 0 Å². The van der Waals surface area contributed by atoms with E-state index in [9.17, 15) is 9.70 Å². The highest BCUT2D eigenvalue weighted by atomic mass is 16.5. The predicted molar refractivity (Wildman–Crippen MR) is 165 cm³/mol. The van der Waals surface area contributed by atoms with E-state index in [-0.39, 0.29) is 45.0 Å². The number of hydrogen-bond donors (Lipinski definition) is 0. The molecule has 0 N–H and O–H groups in total. The molecule has 0 amide bonds. The van der Waals surface area contributed by atoms with E-state index in [2.05, 4.69) is 59.7 Å². The zero-order valence-electron chi connectivity index (χ0n) is 26.7. The molecule has 0 heterocycles. The summed E-state index contributed by atoms with van der Waals surface area (Å²) < 4.78 is 6.17. The Morgan fingerprint density at radius 3 is 2.29 bits per heavy atom. The predicted octanol–water partition coefficient (Wildman–Crippen LogP) is 9.67. The van der Waals surface area contributed by atoms with Crippen molar-refractivity contribution in [2.24, 2.45) is 55.4 Å². The Kier molecular flexibility index (Phi) is 6.76. The molecule has 0 saturated heterocycles. The Hall–Kier alpha value is -1.97. The van der Waals surface area contributed by atoms with E-state index in [1.54, 1.807) is 5.57 Å². The van der Waals surface area contributed by atoms with Gasteiger partial charge in [0.15, 0.2) is 0 Å². The lowest BCUT2D eigenvalue weighted by molar-refractivity contribution is -0.192. The normalized spacial score (nSPS) is 44.2. The molecule has 0 spiro atoms. The SMILES string of the molecule is CC1(C)CCC2(C(=O)OCc3ccccc3)CCC3(C)C(=CCC4C5(C)CC(N=O)CC(C)(C)C5CCC43C)C2C1. The standard InChI is InChI=1S/C37H53NO3/c1-32(2)17-19-37(31(39)41-24-25-11-9-8-10-12-25)20-18-35(6)27(28(37)23-32)13-14-30-34(5)22-26(38-40)21-33(3,4)29(34)15-16-36(30,35)7/h8-13,26,28-30H,14-24H2,1-7H3. The molecular formula is C37H53NO3. The molecule has 4 saturated carbocycles. The van der Waals surface area contributed by atoms with Crippen LogP contribution < -0.4 is 0 Å². The molecular weight excluding hydrogens is 506 g/mol. The van der Waals surface area contributed by atoms with Gasteiger partial charge in [-0.2, -0.15) is 4.91 Å². The third kappa shape index (κ3) is 4.23. The van der Waals surface area contributed by atoms with Crippen molar-refractivity contribution in [2.45, 2.75) is 125 Å². The summed E-state index contributed by atoms with van der Waals surface area (Å²) in [6.07, 6.45) is 13.0. The molecule has 224 valence electrons. The van der Waals surface area contributed by atoms with Crippen LogP contribution in [0.1, 0.15) is 118 Å². The van der Waals surface area contributed by atoms with Crippen LogP contribution in [0.3, 0.4) is 0 Å². The number of carbonyl (C=O) groups excluding carboxylic acids is 1. The van der Waals surface area contributed by atoms with Crippen molar-refractivity contribution >= 4 is 5.97 Å². The summed E-state index contributed by atoms with van der Waals surface area (Å²) in [7, 11) is 0. The number of fused-ring (bicyclic) bond motifs is 7. The monoisotopic (exact) mass is 559 g/mol. The lowest BCUT2D eigenvalue weighted by Gasteiger charge is -2.71. The third-order valence-corrected chi connectivity index (χ3v) is 14.1. The van der Waals surface area contributed by atoms with Crippen LogP contribution >= 0.6 is 0 Å². The molecule has 41 heavy (non-hydrogen) atoms. The van der Waals surface area contributed by atoms with Crippen LogP contribution in [0, 0.1) is 55.2 Å². The fourth-order valence-corrected chi connectivity index (χ4v) is 11.8. The van der Waals surface area contributed by atoms with Gasteiger partial charge in [-0.15, -0.1) is 0 Å². The highest BCUT2D eigenvalue weighted by molar-refractivity contribution is 5.79. The molecule has 0 radical (unpaired) electrons. The number of ether oxygens (including phenoxy) is 1. The first-order valence-corrected chi connectivity index (χ1v) is 16.5.